The average Bonchev–Trinajstić information content (AvgIpc) is 2.30. The van der Waals surface area contributed by atoms with Crippen LogP contribution < -0.4 is 5.32 Å². The second-order valence-electron chi connectivity index (χ2n) is 8.10. The van der Waals surface area contributed by atoms with Crippen molar-refractivity contribution in [2.45, 2.75) is 58.5 Å². The number of carbonyl (C=O) groups excluding carboxylic acids is 2. The molecule has 4 aliphatic carbocycles. The van der Waals surface area contributed by atoms with Crippen molar-refractivity contribution >= 4 is 11.9 Å². The molecule has 20 heavy (non-hydrogen) atoms. The SMILES string of the molecule is CC(C)(C)OC(=O)NCC12CC3CC(C1)C(=O)C(C3)C2. The predicted octanol–water partition coefficient (Wildman–Crippen LogP) is 2.91. The first-order valence-corrected chi connectivity index (χ1v) is 7.77. The lowest BCUT2D eigenvalue weighted by molar-refractivity contribution is -0.147. The zero-order valence-electron chi connectivity index (χ0n) is 12.7. The summed E-state index contributed by atoms with van der Waals surface area (Å²) in [7, 11) is 0. The fraction of sp³-hybridized carbons (Fsp3) is 0.875. The van der Waals surface area contributed by atoms with E-state index in [1.165, 1.54) is 6.42 Å². The lowest BCUT2D eigenvalue weighted by Crippen LogP contribution is -2.55. The second-order valence-corrected chi connectivity index (χ2v) is 8.10. The van der Waals surface area contributed by atoms with Crippen LogP contribution in [0.5, 0.6) is 0 Å². The van der Waals surface area contributed by atoms with Crippen LogP contribution >= 0.6 is 0 Å². The van der Waals surface area contributed by atoms with E-state index in [9.17, 15) is 9.59 Å². The lowest BCUT2D eigenvalue weighted by Gasteiger charge is -2.55. The quantitative estimate of drug-likeness (QED) is 0.845. The van der Waals surface area contributed by atoms with Crippen molar-refractivity contribution in [2.24, 2.45) is 23.2 Å². The Hall–Kier alpha value is -1.06. The zero-order valence-corrected chi connectivity index (χ0v) is 12.7. The molecule has 0 aromatic heterocycles. The molecule has 0 heterocycles. The van der Waals surface area contributed by atoms with Crippen molar-refractivity contribution in [1.29, 1.82) is 0 Å². The highest BCUT2D eigenvalue weighted by Gasteiger charge is 2.54. The monoisotopic (exact) mass is 279 g/mol. The average molecular weight is 279 g/mol. The molecular weight excluding hydrogens is 254 g/mol. The third kappa shape index (κ3) is 2.57. The number of amides is 1. The Balaban J connectivity index is 1.61. The molecule has 0 aromatic carbocycles. The summed E-state index contributed by atoms with van der Waals surface area (Å²) in [6.07, 6.45) is 4.94. The fourth-order valence-corrected chi connectivity index (χ4v) is 4.70. The lowest BCUT2D eigenvalue weighted by atomic mass is 9.49. The summed E-state index contributed by atoms with van der Waals surface area (Å²) in [6.45, 7) is 6.28. The molecule has 4 rings (SSSR count). The van der Waals surface area contributed by atoms with Gasteiger partial charge in [0.05, 0.1) is 0 Å². The highest BCUT2D eigenvalue weighted by molar-refractivity contribution is 5.85. The van der Waals surface area contributed by atoms with E-state index >= 15 is 0 Å². The molecule has 0 spiro atoms. The number of ketones is 1. The van der Waals surface area contributed by atoms with Gasteiger partial charge in [-0.3, -0.25) is 4.79 Å². The summed E-state index contributed by atoms with van der Waals surface area (Å²) in [6, 6.07) is 0. The minimum atomic E-state index is -0.457. The number of ether oxygens (including phenoxy) is 1. The Bertz CT molecular complexity index is 419. The molecule has 4 fully saturated rings. The number of hydrogen-bond acceptors (Lipinski definition) is 3. The van der Waals surface area contributed by atoms with Gasteiger partial charge >= 0.3 is 6.09 Å². The third-order valence-corrected chi connectivity index (χ3v) is 5.13. The second kappa shape index (κ2) is 4.47. The summed E-state index contributed by atoms with van der Waals surface area (Å²) in [5.74, 6) is 1.72. The molecule has 4 nitrogen and oxygen atoms in total. The Morgan fingerprint density at radius 3 is 2.40 bits per heavy atom. The normalized spacial score (nSPS) is 39.0. The van der Waals surface area contributed by atoms with Crippen LogP contribution in [-0.4, -0.2) is 24.0 Å². The highest BCUT2D eigenvalue weighted by atomic mass is 16.6. The van der Waals surface area contributed by atoms with E-state index in [-0.39, 0.29) is 23.3 Å². The van der Waals surface area contributed by atoms with E-state index in [0.717, 1.165) is 25.7 Å². The molecule has 2 atom stereocenters. The molecule has 0 saturated heterocycles. The predicted molar refractivity (Wildman–Crippen MR) is 75.2 cm³/mol. The van der Waals surface area contributed by atoms with Gasteiger partial charge in [-0.25, -0.2) is 4.79 Å². The van der Waals surface area contributed by atoms with E-state index in [2.05, 4.69) is 5.32 Å². The zero-order chi connectivity index (χ0) is 14.5. The first-order chi connectivity index (χ1) is 9.26. The van der Waals surface area contributed by atoms with Crippen LogP contribution in [0.15, 0.2) is 0 Å². The van der Waals surface area contributed by atoms with Gasteiger partial charge in [0.2, 0.25) is 0 Å². The highest BCUT2D eigenvalue weighted by Crippen LogP contribution is 2.58. The molecule has 0 aromatic rings. The minimum absolute atomic E-state index is 0.154. The van der Waals surface area contributed by atoms with Crippen LogP contribution in [0.1, 0.15) is 52.9 Å². The van der Waals surface area contributed by atoms with Gasteiger partial charge in [0, 0.05) is 18.4 Å². The number of Topliss-reactive ketones (excluding diaryl/α,β-unsaturated/α-hetero) is 1. The van der Waals surface area contributed by atoms with Crippen molar-refractivity contribution in [3.8, 4) is 0 Å². The summed E-state index contributed by atoms with van der Waals surface area (Å²) < 4.78 is 5.31. The van der Waals surface area contributed by atoms with Gasteiger partial charge < -0.3 is 10.1 Å². The maximum absolute atomic E-state index is 12.1. The van der Waals surface area contributed by atoms with Gasteiger partial charge in [-0.2, -0.15) is 0 Å². The molecule has 112 valence electrons. The standard InChI is InChI=1S/C16H25NO3/c1-15(2,3)20-14(19)17-9-16-6-10-4-11(7-16)13(18)12(5-10)8-16/h10-12H,4-9H2,1-3H3,(H,17,19). The Kier molecular flexibility index (Phi) is 3.11. The topological polar surface area (TPSA) is 55.4 Å². The summed E-state index contributed by atoms with van der Waals surface area (Å²) in [5.41, 5.74) is -0.303. The van der Waals surface area contributed by atoms with Crippen LogP contribution in [0.2, 0.25) is 0 Å². The first kappa shape index (κ1) is 13.9. The van der Waals surface area contributed by atoms with Crippen molar-refractivity contribution in [2.75, 3.05) is 6.54 Å². The van der Waals surface area contributed by atoms with Crippen molar-refractivity contribution in [1.82, 2.24) is 5.32 Å². The van der Waals surface area contributed by atoms with Gasteiger partial charge in [0.1, 0.15) is 11.4 Å². The third-order valence-electron chi connectivity index (χ3n) is 5.13. The van der Waals surface area contributed by atoms with Crippen LogP contribution in [0.3, 0.4) is 0 Å². The summed E-state index contributed by atoms with van der Waals surface area (Å²) >= 11 is 0. The molecule has 0 radical (unpaired) electrons. The number of alkyl carbamates (subject to hydrolysis) is 1. The van der Waals surface area contributed by atoms with E-state index in [1.54, 1.807) is 0 Å². The van der Waals surface area contributed by atoms with Gasteiger partial charge in [-0.05, 0) is 64.2 Å². The van der Waals surface area contributed by atoms with Crippen molar-refractivity contribution in [3.05, 3.63) is 0 Å². The fourth-order valence-electron chi connectivity index (χ4n) is 4.70. The van der Waals surface area contributed by atoms with Gasteiger partial charge in [-0.1, -0.05) is 0 Å². The molecule has 1 N–H and O–H groups in total. The molecule has 4 aliphatic rings. The molecule has 1 amide bonds. The van der Waals surface area contributed by atoms with Crippen molar-refractivity contribution < 1.29 is 14.3 Å². The van der Waals surface area contributed by atoms with Gasteiger partial charge in [-0.15, -0.1) is 0 Å². The molecular formula is C16H25NO3. The Morgan fingerprint density at radius 2 is 1.85 bits per heavy atom. The van der Waals surface area contributed by atoms with Crippen LogP contribution in [0.4, 0.5) is 4.79 Å². The number of hydrogen-bond donors (Lipinski definition) is 1. The molecule has 2 unspecified atom stereocenters. The summed E-state index contributed by atoms with van der Waals surface area (Å²) in [5, 5.41) is 2.94. The Morgan fingerprint density at radius 1 is 1.25 bits per heavy atom. The largest absolute Gasteiger partial charge is 0.444 e. The van der Waals surface area contributed by atoms with Crippen molar-refractivity contribution in [3.63, 3.8) is 0 Å². The number of nitrogens with one attached hydrogen (secondary N) is 1. The smallest absolute Gasteiger partial charge is 0.407 e. The maximum Gasteiger partial charge on any atom is 0.407 e. The maximum atomic E-state index is 12.1. The summed E-state index contributed by atoms with van der Waals surface area (Å²) in [4.78, 5) is 23.9. The molecule has 0 aliphatic heterocycles. The Labute approximate surface area is 120 Å². The number of carbonyl (C=O) groups is 2. The van der Waals surface area contributed by atoms with E-state index in [1.807, 2.05) is 20.8 Å². The minimum Gasteiger partial charge on any atom is -0.444 e. The van der Waals surface area contributed by atoms with Gasteiger partial charge in [0.25, 0.3) is 0 Å². The molecule has 4 heteroatoms. The molecule has 4 bridgehead atoms. The van der Waals surface area contributed by atoms with E-state index in [0.29, 0.717) is 18.2 Å². The van der Waals surface area contributed by atoms with E-state index in [4.69, 9.17) is 4.74 Å². The first-order valence-electron chi connectivity index (χ1n) is 7.77. The van der Waals surface area contributed by atoms with E-state index < -0.39 is 5.60 Å². The van der Waals surface area contributed by atoms with Gasteiger partial charge in [0.15, 0.2) is 0 Å². The van der Waals surface area contributed by atoms with Crippen LogP contribution in [-0.2, 0) is 9.53 Å². The molecule has 4 saturated carbocycles. The van der Waals surface area contributed by atoms with Crippen LogP contribution in [0, 0.1) is 23.2 Å². The number of rotatable bonds is 2. The van der Waals surface area contributed by atoms with Crippen LogP contribution in [0.25, 0.3) is 0 Å².